The second-order valence-corrected chi connectivity index (χ2v) is 4.02. The molecule has 4 heteroatoms. The molecule has 4 nitrogen and oxygen atoms in total. The van der Waals surface area contributed by atoms with Crippen molar-refractivity contribution >= 4 is 11.8 Å². The van der Waals surface area contributed by atoms with Gasteiger partial charge in [0.15, 0.2) is 0 Å². The first-order valence-electron chi connectivity index (χ1n) is 5.29. The molecule has 0 radical (unpaired) electrons. The number of carbonyl (C=O) groups is 2. The highest BCUT2D eigenvalue weighted by atomic mass is 16.2. The minimum Gasteiger partial charge on any atom is -0.369 e. The van der Waals surface area contributed by atoms with E-state index in [0.717, 1.165) is 12.8 Å². The number of nitrogens with zero attached hydrogens (tertiary/aromatic N) is 1. The van der Waals surface area contributed by atoms with Gasteiger partial charge in [-0.05, 0) is 32.8 Å². The van der Waals surface area contributed by atoms with Crippen LogP contribution in [0.2, 0.25) is 0 Å². The van der Waals surface area contributed by atoms with E-state index in [4.69, 9.17) is 5.73 Å². The molecule has 1 aliphatic rings. The van der Waals surface area contributed by atoms with Crippen LogP contribution in [-0.2, 0) is 9.59 Å². The zero-order chi connectivity index (χ0) is 11.4. The molecular formula is C11H18N2O2. The van der Waals surface area contributed by atoms with Crippen molar-refractivity contribution in [3.63, 3.8) is 0 Å². The van der Waals surface area contributed by atoms with Gasteiger partial charge < -0.3 is 10.6 Å². The first-order chi connectivity index (χ1) is 7.06. The Kier molecular flexibility index (Phi) is 3.88. The fourth-order valence-electron chi connectivity index (χ4n) is 1.88. The first-order valence-corrected chi connectivity index (χ1v) is 5.29. The molecule has 1 fully saturated rings. The summed E-state index contributed by atoms with van der Waals surface area (Å²) in [5, 5.41) is 0. The molecule has 0 spiro atoms. The van der Waals surface area contributed by atoms with Crippen LogP contribution in [-0.4, -0.2) is 29.3 Å². The van der Waals surface area contributed by atoms with Crippen molar-refractivity contribution in [2.45, 2.75) is 32.7 Å². The zero-order valence-electron chi connectivity index (χ0n) is 9.27. The number of piperidine rings is 1. The third kappa shape index (κ3) is 2.81. The van der Waals surface area contributed by atoms with Gasteiger partial charge in [0.1, 0.15) is 0 Å². The summed E-state index contributed by atoms with van der Waals surface area (Å²) in [6.45, 7) is 4.26. The van der Waals surface area contributed by atoms with Crippen LogP contribution >= 0.6 is 0 Å². The van der Waals surface area contributed by atoms with Crippen molar-refractivity contribution in [1.82, 2.24) is 4.90 Å². The Balaban J connectivity index is 2.69. The quantitative estimate of drug-likeness (QED) is 0.681. The van der Waals surface area contributed by atoms with Crippen LogP contribution in [0.1, 0.15) is 26.7 Å². The van der Waals surface area contributed by atoms with Crippen LogP contribution in [0.5, 0.6) is 0 Å². The summed E-state index contributed by atoms with van der Waals surface area (Å²) in [6, 6.07) is 0.198. The molecule has 0 bridgehead atoms. The predicted octanol–water partition coefficient (Wildman–Crippen LogP) is 0.675. The largest absolute Gasteiger partial charge is 0.369 e. The minimum absolute atomic E-state index is 0.0315. The molecule has 2 amide bonds. The predicted molar refractivity (Wildman–Crippen MR) is 57.9 cm³/mol. The molecule has 0 aromatic carbocycles. The fraction of sp³-hybridized carbons (Fsp3) is 0.636. The second kappa shape index (κ2) is 4.96. The average Bonchev–Trinajstić information content (AvgIpc) is 2.18. The molecule has 84 valence electrons. The van der Waals surface area contributed by atoms with Crippen molar-refractivity contribution < 1.29 is 9.59 Å². The summed E-state index contributed by atoms with van der Waals surface area (Å²) in [7, 11) is 0. The number of nitrogens with two attached hydrogens (primary N) is 1. The van der Waals surface area contributed by atoms with Crippen LogP contribution in [0.15, 0.2) is 12.2 Å². The van der Waals surface area contributed by atoms with Gasteiger partial charge >= 0.3 is 0 Å². The lowest BCUT2D eigenvalue weighted by Crippen LogP contribution is -2.48. The highest BCUT2D eigenvalue weighted by Gasteiger charge is 2.30. The van der Waals surface area contributed by atoms with Crippen LogP contribution in [0, 0.1) is 5.92 Å². The van der Waals surface area contributed by atoms with E-state index in [1.165, 1.54) is 6.08 Å². The molecule has 1 aliphatic heterocycles. The van der Waals surface area contributed by atoms with Gasteiger partial charge in [-0.15, -0.1) is 0 Å². The molecule has 2 N–H and O–H groups in total. The summed E-state index contributed by atoms with van der Waals surface area (Å²) in [5.74, 6) is -0.522. The van der Waals surface area contributed by atoms with Crippen LogP contribution < -0.4 is 5.73 Å². The molecule has 2 unspecified atom stereocenters. The summed E-state index contributed by atoms with van der Waals surface area (Å²) in [6.07, 6.45) is 4.87. The van der Waals surface area contributed by atoms with Gasteiger partial charge in [-0.3, -0.25) is 9.59 Å². The Hall–Kier alpha value is -1.32. The van der Waals surface area contributed by atoms with Crippen LogP contribution in [0.25, 0.3) is 0 Å². The number of amides is 2. The minimum atomic E-state index is -0.305. The number of rotatable bonds is 2. The first kappa shape index (κ1) is 11.8. The lowest BCUT2D eigenvalue weighted by Gasteiger charge is -2.36. The number of hydrogen-bond acceptors (Lipinski definition) is 2. The molecule has 0 aromatic heterocycles. The topological polar surface area (TPSA) is 63.4 Å². The van der Waals surface area contributed by atoms with Crippen molar-refractivity contribution in [2.24, 2.45) is 11.7 Å². The standard InChI is InChI=1S/C11H18N2O2/c1-3-4-10(14)13-7-9(11(12)15)6-5-8(13)2/h3-4,8-9H,5-7H2,1-2H3,(H2,12,15)/b4-3+. The SMILES string of the molecule is C/C=C/C(=O)N1CC(C(N)=O)CCC1C. The third-order valence-corrected chi connectivity index (χ3v) is 2.88. The second-order valence-electron chi connectivity index (χ2n) is 4.02. The molecule has 1 rings (SSSR count). The van der Waals surface area contributed by atoms with Gasteiger partial charge in [0, 0.05) is 12.6 Å². The number of carbonyl (C=O) groups excluding carboxylic acids is 2. The van der Waals surface area contributed by atoms with Crippen molar-refractivity contribution in [2.75, 3.05) is 6.54 Å². The van der Waals surface area contributed by atoms with E-state index >= 15 is 0 Å². The molecule has 2 atom stereocenters. The maximum Gasteiger partial charge on any atom is 0.246 e. The van der Waals surface area contributed by atoms with Crippen LogP contribution in [0.4, 0.5) is 0 Å². The van der Waals surface area contributed by atoms with E-state index in [2.05, 4.69) is 0 Å². The number of primary amides is 1. The Morgan fingerprint density at radius 2 is 2.07 bits per heavy atom. The summed E-state index contributed by atoms with van der Waals surface area (Å²) >= 11 is 0. The molecule has 0 saturated carbocycles. The summed E-state index contributed by atoms with van der Waals surface area (Å²) < 4.78 is 0. The van der Waals surface area contributed by atoms with E-state index in [0.29, 0.717) is 6.54 Å². The van der Waals surface area contributed by atoms with Gasteiger partial charge in [0.2, 0.25) is 11.8 Å². The Bertz CT molecular complexity index is 286. The molecule has 15 heavy (non-hydrogen) atoms. The van der Waals surface area contributed by atoms with E-state index < -0.39 is 0 Å². The Morgan fingerprint density at radius 1 is 1.40 bits per heavy atom. The number of likely N-dealkylation sites (tertiary alicyclic amines) is 1. The van der Waals surface area contributed by atoms with Crippen molar-refractivity contribution in [3.8, 4) is 0 Å². The van der Waals surface area contributed by atoms with Gasteiger partial charge in [-0.1, -0.05) is 6.08 Å². The third-order valence-electron chi connectivity index (χ3n) is 2.88. The number of allylic oxidation sites excluding steroid dienone is 1. The van der Waals surface area contributed by atoms with E-state index in [-0.39, 0.29) is 23.8 Å². The van der Waals surface area contributed by atoms with E-state index in [1.807, 2.05) is 6.92 Å². The monoisotopic (exact) mass is 210 g/mol. The maximum atomic E-state index is 11.7. The van der Waals surface area contributed by atoms with Gasteiger partial charge in [-0.25, -0.2) is 0 Å². The fourth-order valence-corrected chi connectivity index (χ4v) is 1.88. The zero-order valence-corrected chi connectivity index (χ0v) is 9.27. The summed E-state index contributed by atoms with van der Waals surface area (Å²) in [5.41, 5.74) is 5.25. The van der Waals surface area contributed by atoms with Gasteiger partial charge in [0.05, 0.1) is 5.92 Å². The van der Waals surface area contributed by atoms with Gasteiger partial charge in [-0.2, -0.15) is 0 Å². The van der Waals surface area contributed by atoms with E-state index in [1.54, 1.807) is 17.9 Å². The maximum absolute atomic E-state index is 11.7. The Morgan fingerprint density at radius 3 is 2.60 bits per heavy atom. The normalized spacial score (nSPS) is 26.9. The molecular weight excluding hydrogens is 192 g/mol. The summed E-state index contributed by atoms with van der Waals surface area (Å²) in [4.78, 5) is 24.4. The van der Waals surface area contributed by atoms with Gasteiger partial charge in [0.25, 0.3) is 0 Å². The highest BCUT2D eigenvalue weighted by Crippen LogP contribution is 2.21. The molecule has 0 aromatic rings. The molecule has 1 heterocycles. The lowest BCUT2D eigenvalue weighted by atomic mass is 9.93. The average molecular weight is 210 g/mol. The molecule has 0 aliphatic carbocycles. The van der Waals surface area contributed by atoms with Crippen molar-refractivity contribution in [3.05, 3.63) is 12.2 Å². The highest BCUT2D eigenvalue weighted by molar-refractivity contribution is 5.88. The van der Waals surface area contributed by atoms with Crippen molar-refractivity contribution in [1.29, 1.82) is 0 Å². The molecule has 1 saturated heterocycles. The van der Waals surface area contributed by atoms with E-state index in [9.17, 15) is 9.59 Å². The van der Waals surface area contributed by atoms with Crippen LogP contribution in [0.3, 0.4) is 0 Å². The lowest BCUT2D eigenvalue weighted by molar-refractivity contribution is -0.133. The Labute approximate surface area is 90.1 Å². The smallest absolute Gasteiger partial charge is 0.246 e. The number of hydrogen-bond donors (Lipinski definition) is 1.